The number of hydrogen-bond acceptors (Lipinski definition) is 3. The molecule has 0 radical (unpaired) electrons. The van der Waals surface area contributed by atoms with Crippen LogP contribution in [0.1, 0.15) is 30.9 Å². The van der Waals surface area contributed by atoms with Crippen molar-refractivity contribution in [2.24, 2.45) is 5.92 Å². The maximum atomic E-state index is 10.6. The summed E-state index contributed by atoms with van der Waals surface area (Å²) in [5.74, 6) is 0.261. The average molecular weight is 327 g/mol. The molecule has 0 aromatic heterocycles. The van der Waals surface area contributed by atoms with E-state index in [1.54, 1.807) is 0 Å². The van der Waals surface area contributed by atoms with Gasteiger partial charge in [0.15, 0.2) is 0 Å². The summed E-state index contributed by atoms with van der Waals surface area (Å²) in [5.41, 5.74) is 0.850. The molecule has 1 N–H and O–H groups in total. The zero-order valence-electron chi connectivity index (χ0n) is 10.8. The lowest BCUT2D eigenvalue weighted by Gasteiger charge is -2.39. The summed E-state index contributed by atoms with van der Waals surface area (Å²) in [6.07, 6.45) is 2.36. The third-order valence-corrected chi connectivity index (χ3v) is 4.78. The number of aliphatic hydroxyl groups is 1. The lowest BCUT2D eigenvalue weighted by atomic mass is 9.80. The highest BCUT2D eigenvalue weighted by Gasteiger charge is 2.42. The van der Waals surface area contributed by atoms with Crippen molar-refractivity contribution in [3.63, 3.8) is 0 Å². The van der Waals surface area contributed by atoms with Gasteiger partial charge in [-0.3, -0.25) is 0 Å². The molecule has 19 heavy (non-hydrogen) atoms. The summed E-state index contributed by atoms with van der Waals surface area (Å²) in [7, 11) is 0. The predicted molar refractivity (Wildman–Crippen MR) is 75.9 cm³/mol. The molecule has 3 nitrogen and oxygen atoms in total. The van der Waals surface area contributed by atoms with Crippen molar-refractivity contribution >= 4 is 15.9 Å². The van der Waals surface area contributed by atoms with Crippen LogP contribution in [0.2, 0.25) is 0 Å². The Morgan fingerprint density at radius 3 is 2.74 bits per heavy atom. The van der Waals surface area contributed by atoms with Crippen LogP contribution in [-0.4, -0.2) is 30.5 Å². The first-order chi connectivity index (χ1) is 9.19. The Hall–Kier alpha value is -0.420. The molecule has 104 valence electrons. The summed E-state index contributed by atoms with van der Waals surface area (Å²) in [6.45, 7) is 2.18. The van der Waals surface area contributed by atoms with E-state index in [0.29, 0.717) is 6.61 Å². The minimum atomic E-state index is -0.408. The minimum Gasteiger partial charge on any atom is -0.388 e. The zero-order valence-corrected chi connectivity index (χ0v) is 12.4. The number of benzene rings is 1. The van der Waals surface area contributed by atoms with Crippen molar-refractivity contribution in [3.05, 3.63) is 34.3 Å². The van der Waals surface area contributed by atoms with Gasteiger partial charge in [-0.25, -0.2) is 0 Å². The van der Waals surface area contributed by atoms with Crippen LogP contribution in [0.3, 0.4) is 0 Å². The molecule has 3 rings (SSSR count). The standard InChI is InChI=1S/C15H19BrO3/c16-13-3-1-11(2-4-13)14(17)12-5-7-19-15(9-12)6-8-18-10-15/h1-4,12,14,17H,5-10H2. The molecule has 2 saturated heterocycles. The van der Waals surface area contributed by atoms with Crippen LogP contribution in [0.5, 0.6) is 0 Å². The molecule has 3 atom stereocenters. The Balaban J connectivity index is 1.72. The molecule has 0 amide bonds. The van der Waals surface area contributed by atoms with Crippen LogP contribution in [0.25, 0.3) is 0 Å². The van der Waals surface area contributed by atoms with E-state index in [0.717, 1.165) is 42.5 Å². The fourth-order valence-electron chi connectivity index (χ4n) is 3.13. The van der Waals surface area contributed by atoms with Crippen molar-refractivity contribution in [3.8, 4) is 0 Å². The first-order valence-corrected chi connectivity index (χ1v) is 7.63. The van der Waals surface area contributed by atoms with Crippen LogP contribution in [0, 0.1) is 5.92 Å². The van der Waals surface area contributed by atoms with Crippen molar-refractivity contribution in [1.82, 2.24) is 0 Å². The number of rotatable bonds is 2. The molecular formula is C15H19BrO3. The van der Waals surface area contributed by atoms with Crippen LogP contribution < -0.4 is 0 Å². The lowest BCUT2D eigenvalue weighted by Crippen LogP contribution is -2.41. The van der Waals surface area contributed by atoms with Crippen molar-refractivity contribution in [2.75, 3.05) is 19.8 Å². The Morgan fingerprint density at radius 1 is 1.26 bits per heavy atom. The largest absolute Gasteiger partial charge is 0.388 e. The fraction of sp³-hybridized carbons (Fsp3) is 0.600. The lowest BCUT2D eigenvalue weighted by molar-refractivity contribution is -0.117. The van der Waals surface area contributed by atoms with Gasteiger partial charge in [-0.1, -0.05) is 28.1 Å². The molecule has 0 aliphatic carbocycles. The smallest absolute Gasteiger partial charge is 0.0940 e. The number of hydrogen-bond donors (Lipinski definition) is 1. The van der Waals surface area contributed by atoms with Gasteiger partial charge < -0.3 is 14.6 Å². The second-order valence-corrected chi connectivity index (χ2v) is 6.50. The van der Waals surface area contributed by atoms with Crippen LogP contribution in [-0.2, 0) is 9.47 Å². The van der Waals surface area contributed by atoms with E-state index in [1.807, 2.05) is 24.3 Å². The van der Waals surface area contributed by atoms with Crippen LogP contribution in [0.15, 0.2) is 28.7 Å². The molecule has 1 aromatic carbocycles. The van der Waals surface area contributed by atoms with Crippen molar-refractivity contribution in [2.45, 2.75) is 31.0 Å². The summed E-state index contributed by atoms with van der Waals surface area (Å²) in [4.78, 5) is 0. The van der Waals surface area contributed by atoms with Gasteiger partial charge in [0.05, 0.1) is 18.3 Å². The van der Waals surface area contributed by atoms with E-state index in [2.05, 4.69) is 15.9 Å². The molecule has 2 fully saturated rings. The van der Waals surface area contributed by atoms with Gasteiger partial charge in [0.2, 0.25) is 0 Å². The van der Waals surface area contributed by atoms with Gasteiger partial charge in [-0.15, -0.1) is 0 Å². The zero-order chi connectivity index (χ0) is 13.3. The van der Waals surface area contributed by atoms with Crippen LogP contribution in [0.4, 0.5) is 0 Å². The van der Waals surface area contributed by atoms with Crippen LogP contribution >= 0.6 is 15.9 Å². The van der Waals surface area contributed by atoms with E-state index < -0.39 is 6.10 Å². The van der Waals surface area contributed by atoms with Crippen molar-refractivity contribution < 1.29 is 14.6 Å². The third kappa shape index (κ3) is 2.87. The number of aliphatic hydroxyl groups excluding tert-OH is 1. The molecule has 0 saturated carbocycles. The Bertz CT molecular complexity index is 426. The molecule has 2 heterocycles. The Labute approximate surface area is 122 Å². The highest BCUT2D eigenvalue weighted by atomic mass is 79.9. The van der Waals surface area contributed by atoms with E-state index in [1.165, 1.54) is 0 Å². The van der Waals surface area contributed by atoms with Gasteiger partial charge in [0, 0.05) is 24.1 Å². The summed E-state index contributed by atoms with van der Waals surface area (Å²) in [5, 5.41) is 10.6. The molecule has 0 bridgehead atoms. The van der Waals surface area contributed by atoms with Gasteiger partial charge in [-0.05, 0) is 36.5 Å². The maximum Gasteiger partial charge on any atom is 0.0940 e. The first-order valence-electron chi connectivity index (χ1n) is 6.84. The topological polar surface area (TPSA) is 38.7 Å². The Morgan fingerprint density at radius 2 is 2.05 bits per heavy atom. The highest BCUT2D eigenvalue weighted by molar-refractivity contribution is 9.10. The minimum absolute atomic E-state index is 0.140. The number of ether oxygens (including phenoxy) is 2. The van der Waals surface area contributed by atoms with Gasteiger partial charge in [0.1, 0.15) is 0 Å². The van der Waals surface area contributed by atoms with E-state index in [9.17, 15) is 5.11 Å². The SMILES string of the molecule is OC(c1ccc(Br)cc1)C1CCOC2(CCOC2)C1. The molecule has 1 aromatic rings. The van der Waals surface area contributed by atoms with E-state index >= 15 is 0 Å². The molecule has 3 unspecified atom stereocenters. The fourth-order valence-corrected chi connectivity index (χ4v) is 3.39. The monoisotopic (exact) mass is 326 g/mol. The average Bonchev–Trinajstić information content (AvgIpc) is 2.87. The van der Waals surface area contributed by atoms with Gasteiger partial charge in [0.25, 0.3) is 0 Å². The summed E-state index contributed by atoms with van der Waals surface area (Å²) in [6, 6.07) is 7.93. The second-order valence-electron chi connectivity index (χ2n) is 5.58. The second kappa shape index (κ2) is 5.52. The summed E-state index contributed by atoms with van der Waals surface area (Å²) < 4.78 is 12.4. The molecule has 2 aliphatic rings. The highest BCUT2D eigenvalue weighted by Crippen LogP contribution is 2.40. The Kier molecular flexibility index (Phi) is 3.94. The maximum absolute atomic E-state index is 10.6. The first kappa shape index (κ1) is 13.6. The van der Waals surface area contributed by atoms with Crippen molar-refractivity contribution in [1.29, 1.82) is 0 Å². The van der Waals surface area contributed by atoms with E-state index in [4.69, 9.17) is 9.47 Å². The van der Waals surface area contributed by atoms with Gasteiger partial charge in [-0.2, -0.15) is 0 Å². The quantitative estimate of drug-likeness (QED) is 0.907. The molecule has 2 aliphatic heterocycles. The molecule has 4 heteroatoms. The van der Waals surface area contributed by atoms with E-state index in [-0.39, 0.29) is 11.5 Å². The molecular weight excluding hydrogens is 308 g/mol. The van der Waals surface area contributed by atoms with Gasteiger partial charge >= 0.3 is 0 Å². The molecule has 1 spiro atoms. The number of halogens is 1. The normalized spacial score (nSPS) is 32.6. The predicted octanol–water partition coefficient (Wildman–Crippen LogP) is 3.07. The summed E-state index contributed by atoms with van der Waals surface area (Å²) >= 11 is 3.42. The third-order valence-electron chi connectivity index (χ3n) is 4.26.